The van der Waals surface area contributed by atoms with E-state index in [1.54, 1.807) is 0 Å². The van der Waals surface area contributed by atoms with Crippen LogP contribution < -0.4 is 10.1 Å². The summed E-state index contributed by atoms with van der Waals surface area (Å²) in [5.74, 6) is -1.44. The molecule has 1 N–H and O–H groups in total. The molecule has 1 amide bonds. The lowest BCUT2D eigenvalue weighted by molar-refractivity contribution is -0.274. The molecule has 0 bridgehead atoms. The van der Waals surface area contributed by atoms with Crippen LogP contribution in [0, 0.1) is 0 Å². The Morgan fingerprint density at radius 2 is 1.72 bits per heavy atom. The molecule has 12 heteroatoms. The lowest BCUT2D eigenvalue weighted by Gasteiger charge is -2.11. The van der Waals surface area contributed by atoms with Gasteiger partial charge in [-0.1, -0.05) is 23.4 Å². The topological polar surface area (TPSA) is 69.0 Å². The number of hydrogen-bond donors (Lipinski definition) is 1. The van der Waals surface area contributed by atoms with Crippen molar-refractivity contribution in [3.05, 3.63) is 66.0 Å². The Morgan fingerprint density at radius 1 is 1.00 bits per heavy atom. The normalized spacial score (nSPS) is 11.9. The molecular weight excluding hydrogens is 406 g/mol. The molecule has 0 aliphatic rings. The molecule has 1 heterocycles. The van der Waals surface area contributed by atoms with E-state index in [1.807, 2.05) is 0 Å². The maximum Gasteiger partial charge on any atom is 0.573 e. The van der Waals surface area contributed by atoms with E-state index in [9.17, 15) is 31.1 Å². The fourth-order valence-corrected chi connectivity index (χ4v) is 2.36. The second-order valence-corrected chi connectivity index (χ2v) is 5.59. The van der Waals surface area contributed by atoms with Crippen molar-refractivity contribution >= 4 is 11.6 Å². The van der Waals surface area contributed by atoms with Gasteiger partial charge in [-0.25, -0.2) is 4.68 Å². The van der Waals surface area contributed by atoms with Crippen LogP contribution in [0.5, 0.6) is 5.75 Å². The van der Waals surface area contributed by atoms with Gasteiger partial charge in [0.15, 0.2) is 5.69 Å². The van der Waals surface area contributed by atoms with E-state index in [4.69, 9.17) is 0 Å². The number of amides is 1. The quantitative estimate of drug-likeness (QED) is 0.639. The minimum Gasteiger partial charge on any atom is -0.406 e. The fraction of sp³-hybridized carbons (Fsp3) is 0.118. The van der Waals surface area contributed by atoms with Crippen molar-refractivity contribution in [3.8, 4) is 11.4 Å². The third-order valence-corrected chi connectivity index (χ3v) is 3.51. The van der Waals surface area contributed by atoms with Crippen LogP contribution in [0.25, 0.3) is 5.69 Å². The van der Waals surface area contributed by atoms with Crippen molar-refractivity contribution < 1.29 is 35.9 Å². The van der Waals surface area contributed by atoms with E-state index in [1.165, 1.54) is 24.3 Å². The Balaban J connectivity index is 1.80. The first-order valence-corrected chi connectivity index (χ1v) is 7.79. The number of carbonyl (C=O) groups excluding carboxylic acids is 1. The Labute approximate surface area is 158 Å². The van der Waals surface area contributed by atoms with Crippen LogP contribution >= 0.6 is 0 Å². The van der Waals surface area contributed by atoms with Gasteiger partial charge in [0.1, 0.15) is 5.75 Å². The molecule has 0 saturated heterocycles. The molecule has 6 nitrogen and oxygen atoms in total. The number of ether oxygens (including phenoxy) is 1. The highest BCUT2D eigenvalue weighted by molar-refractivity contribution is 6.02. The standard InChI is InChI=1S/C17H10F6N4O2/c18-16(19,20)12-6-1-2-7-14(12)27-9-13(25-26-27)15(28)24-10-4-3-5-11(8-10)29-17(21,22)23/h1-9H,(H,24,28). The number of para-hydroxylation sites is 1. The van der Waals surface area contributed by atoms with Gasteiger partial charge < -0.3 is 10.1 Å². The first-order chi connectivity index (χ1) is 13.5. The summed E-state index contributed by atoms with van der Waals surface area (Å²) in [5.41, 5.74) is -1.70. The van der Waals surface area contributed by atoms with Gasteiger partial charge in [0.2, 0.25) is 0 Å². The summed E-state index contributed by atoms with van der Waals surface area (Å²) in [5, 5.41) is 9.31. The van der Waals surface area contributed by atoms with E-state index in [0.717, 1.165) is 35.1 Å². The number of halogens is 6. The zero-order valence-electron chi connectivity index (χ0n) is 14.1. The summed E-state index contributed by atoms with van der Waals surface area (Å²) < 4.78 is 80.7. The van der Waals surface area contributed by atoms with Gasteiger partial charge in [0.25, 0.3) is 5.91 Å². The van der Waals surface area contributed by atoms with Crippen LogP contribution in [0.2, 0.25) is 0 Å². The van der Waals surface area contributed by atoms with E-state index in [0.29, 0.717) is 0 Å². The van der Waals surface area contributed by atoms with Gasteiger partial charge in [-0.15, -0.1) is 18.3 Å². The van der Waals surface area contributed by atoms with Crippen molar-refractivity contribution in [2.24, 2.45) is 0 Å². The van der Waals surface area contributed by atoms with Crippen LogP contribution in [0.1, 0.15) is 16.1 Å². The first kappa shape index (κ1) is 20.2. The summed E-state index contributed by atoms with van der Waals surface area (Å²) >= 11 is 0. The smallest absolute Gasteiger partial charge is 0.406 e. The summed E-state index contributed by atoms with van der Waals surface area (Å²) in [6.45, 7) is 0. The molecule has 3 rings (SSSR count). The molecule has 2 aromatic carbocycles. The lowest BCUT2D eigenvalue weighted by Crippen LogP contribution is -2.17. The van der Waals surface area contributed by atoms with Crippen LogP contribution in [-0.2, 0) is 6.18 Å². The SMILES string of the molecule is O=C(Nc1cccc(OC(F)(F)F)c1)c1cn(-c2ccccc2C(F)(F)F)nn1. The summed E-state index contributed by atoms with van der Waals surface area (Å²) in [4.78, 5) is 12.2. The number of carbonyl (C=O) groups is 1. The maximum absolute atomic E-state index is 13.1. The number of nitrogens with one attached hydrogen (secondary N) is 1. The highest BCUT2D eigenvalue weighted by atomic mass is 19.4. The van der Waals surface area contributed by atoms with E-state index >= 15 is 0 Å². The van der Waals surface area contributed by atoms with E-state index in [2.05, 4.69) is 20.4 Å². The van der Waals surface area contributed by atoms with Gasteiger partial charge in [-0.2, -0.15) is 13.2 Å². The Bertz CT molecular complexity index is 1030. The number of alkyl halides is 6. The lowest BCUT2D eigenvalue weighted by atomic mass is 10.1. The molecule has 0 saturated carbocycles. The number of rotatable bonds is 4. The Kier molecular flexibility index (Phi) is 5.18. The molecule has 1 aromatic heterocycles. The second kappa shape index (κ2) is 7.45. The molecule has 0 atom stereocenters. The van der Waals surface area contributed by atoms with Crippen molar-refractivity contribution in [2.45, 2.75) is 12.5 Å². The molecular formula is C17H10F6N4O2. The highest BCUT2D eigenvalue weighted by Gasteiger charge is 2.34. The average molecular weight is 416 g/mol. The van der Waals surface area contributed by atoms with Gasteiger partial charge in [-0.05, 0) is 24.3 Å². The Morgan fingerprint density at radius 3 is 2.41 bits per heavy atom. The van der Waals surface area contributed by atoms with Crippen LogP contribution in [-0.4, -0.2) is 27.3 Å². The van der Waals surface area contributed by atoms with Crippen molar-refractivity contribution in [1.29, 1.82) is 0 Å². The first-order valence-electron chi connectivity index (χ1n) is 7.79. The molecule has 29 heavy (non-hydrogen) atoms. The molecule has 0 unspecified atom stereocenters. The predicted molar refractivity (Wildman–Crippen MR) is 87.4 cm³/mol. The fourth-order valence-electron chi connectivity index (χ4n) is 2.36. The summed E-state index contributed by atoms with van der Waals surface area (Å²) in [6.07, 6.45) is -8.59. The molecule has 3 aromatic rings. The summed E-state index contributed by atoms with van der Waals surface area (Å²) in [6, 6.07) is 9.03. The van der Waals surface area contributed by atoms with Crippen LogP contribution in [0.4, 0.5) is 32.0 Å². The molecule has 0 radical (unpaired) electrons. The van der Waals surface area contributed by atoms with Gasteiger partial charge in [0.05, 0.1) is 17.4 Å². The van der Waals surface area contributed by atoms with Crippen molar-refractivity contribution in [2.75, 3.05) is 5.32 Å². The summed E-state index contributed by atoms with van der Waals surface area (Å²) in [7, 11) is 0. The van der Waals surface area contributed by atoms with Gasteiger partial charge >= 0.3 is 12.5 Å². The number of nitrogens with zero attached hydrogens (tertiary/aromatic N) is 3. The molecule has 152 valence electrons. The monoisotopic (exact) mass is 416 g/mol. The largest absolute Gasteiger partial charge is 0.573 e. The number of aromatic nitrogens is 3. The molecule has 0 aliphatic carbocycles. The van der Waals surface area contributed by atoms with Crippen molar-refractivity contribution in [1.82, 2.24) is 15.0 Å². The molecule has 0 spiro atoms. The van der Waals surface area contributed by atoms with E-state index < -0.39 is 29.8 Å². The average Bonchev–Trinajstić information content (AvgIpc) is 3.10. The zero-order valence-corrected chi connectivity index (χ0v) is 14.1. The van der Waals surface area contributed by atoms with Crippen LogP contribution in [0.15, 0.2) is 54.7 Å². The third-order valence-electron chi connectivity index (χ3n) is 3.51. The van der Waals surface area contributed by atoms with E-state index in [-0.39, 0.29) is 17.1 Å². The molecule has 0 fully saturated rings. The highest BCUT2D eigenvalue weighted by Crippen LogP contribution is 2.33. The molecule has 0 aliphatic heterocycles. The number of hydrogen-bond acceptors (Lipinski definition) is 4. The van der Waals surface area contributed by atoms with Crippen molar-refractivity contribution in [3.63, 3.8) is 0 Å². The number of benzene rings is 2. The third kappa shape index (κ3) is 5.03. The Hall–Kier alpha value is -3.57. The van der Waals surface area contributed by atoms with Crippen LogP contribution in [0.3, 0.4) is 0 Å². The predicted octanol–water partition coefficient (Wildman–Crippen LogP) is 4.44. The zero-order chi connectivity index (χ0) is 21.2. The maximum atomic E-state index is 13.1. The minimum absolute atomic E-state index is 0.0398. The number of anilines is 1. The van der Waals surface area contributed by atoms with Gasteiger partial charge in [-0.3, -0.25) is 4.79 Å². The van der Waals surface area contributed by atoms with Gasteiger partial charge in [0, 0.05) is 11.8 Å². The minimum atomic E-state index is -4.91. The second-order valence-electron chi connectivity index (χ2n) is 5.59.